The number of carbonyl (C=O) groups is 1. The van der Waals surface area contributed by atoms with Gasteiger partial charge in [-0.25, -0.2) is 17.2 Å². The zero-order valence-electron chi connectivity index (χ0n) is 12.5. The van der Waals surface area contributed by atoms with Gasteiger partial charge in [0.25, 0.3) is 0 Å². The van der Waals surface area contributed by atoms with Crippen molar-refractivity contribution in [3.05, 3.63) is 58.6 Å². The molecular weight excluding hydrogens is 406 g/mol. The van der Waals surface area contributed by atoms with Gasteiger partial charge >= 0.3 is 0 Å². The molecule has 2 aromatic rings. The number of hydrogen-bond donors (Lipinski definition) is 1. The Labute approximate surface area is 146 Å². The minimum atomic E-state index is -3.79. The highest BCUT2D eigenvalue weighted by Crippen LogP contribution is 2.27. The second-order valence-corrected chi connectivity index (χ2v) is 7.63. The Kier molecular flexibility index (Phi) is 5.55. The maximum Gasteiger partial charge on any atom is 0.245 e. The summed E-state index contributed by atoms with van der Waals surface area (Å²) in [4.78, 5) is 12.1. The Balaban J connectivity index is 2.28. The van der Waals surface area contributed by atoms with E-state index in [2.05, 4.69) is 21.2 Å². The van der Waals surface area contributed by atoms with Gasteiger partial charge in [0.2, 0.25) is 15.9 Å². The van der Waals surface area contributed by atoms with Gasteiger partial charge in [0.15, 0.2) is 0 Å². The van der Waals surface area contributed by atoms with Gasteiger partial charge in [-0.3, -0.25) is 9.10 Å². The molecule has 0 aromatic heterocycles. The van der Waals surface area contributed by atoms with E-state index in [1.165, 1.54) is 6.07 Å². The van der Waals surface area contributed by atoms with Crippen molar-refractivity contribution in [3.63, 3.8) is 0 Å². The Morgan fingerprint density at radius 1 is 1.12 bits per heavy atom. The molecule has 0 radical (unpaired) electrons. The van der Waals surface area contributed by atoms with Crippen molar-refractivity contribution in [1.29, 1.82) is 0 Å². The highest BCUT2D eigenvalue weighted by Gasteiger charge is 2.23. The van der Waals surface area contributed by atoms with E-state index in [-0.39, 0.29) is 5.69 Å². The third kappa shape index (κ3) is 4.30. The molecule has 1 amide bonds. The van der Waals surface area contributed by atoms with Gasteiger partial charge in [-0.2, -0.15) is 0 Å². The van der Waals surface area contributed by atoms with E-state index in [9.17, 15) is 22.0 Å². The molecular formula is C15H13BrF2N2O3S. The first-order valence-corrected chi connectivity index (χ1v) is 9.30. The highest BCUT2D eigenvalue weighted by molar-refractivity contribution is 9.10. The van der Waals surface area contributed by atoms with Gasteiger partial charge < -0.3 is 5.32 Å². The van der Waals surface area contributed by atoms with Crippen LogP contribution in [0.1, 0.15) is 0 Å². The Bertz CT molecular complexity index is 855. The minimum absolute atomic E-state index is 0.240. The molecule has 2 aromatic carbocycles. The monoisotopic (exact) mass is 418 g/mol. The Morgan fingerprint density at radius 3 is 2.25 bits per heavy atom. The van der Waals surface area contributed by atoms with Gasteiger partial charge in [0.05, 0.1) is 11.9 Å². The number of anilines is 2. The molecule has 0 saturated heterocycles. The number of amides is 1. The van der Waals surface area contributed by atoms with Crippen molar-refractivity contribution in [3.8, 4) is 0 Å². The van der Waals surface area contributed by atoms with Gasteiger partial charge in [0.1, 0.15) is 23.9 Å². The number of sulfonamides is 1. The van der Waals surface area contributed by atoms with Crippen LogP contribution in [0.5, 0.6) is 0 Å². The lowest BCUT2D eigenvalue weighted by Gasteiger charge is -2.23. The molecule has 0 aliphatic heterocycles. The summed E-state index contributed by atoms with van der Waals surface area (Å²) in [5.74, 6) is -2.77. The van der Waals surface area contributed by atoms with Crippen LogP contribution in [0.2, 0.25) is 0 Å². The fourth-order valence-corrected chi connectivity index (χ4v) is 3.45. The molecule has 0 fully saturated rings. The fraction of sp³-hybridized carbons (Fsp3) is 0.133. The topological polar surface area (TPSA) is 66.5 Å². The van der Waals surface area contributed by atoms with E-state index in [4.69, 9.17) is 0 Å². The summed E-state index contributed by atoms with van der Waals surface area (Å²) in [6.07, 6.45) is 0.934. The predicted octanol–water partition coefficient (Wildman–Crippen LogP) is 3.13. The summed E-state index contributed by atoms with van der Waals surface area (Å²) < 4.78 is 52.4. The molecule has 0 heterocycles. The molecule has 1 N–H and O–H groups in total. The first kappa shape index (κ1) is 18.3. The maximum absolute atomic E-state index is 13.6. The van der Waals surface area contributed by atoms with Crippen molar-refractivity contribution in [1.82, 2.24) is 0 Å². The van der Waals surface area contributed by atoms with Crippen LogP contribution < -0.4 is 9.62 Å². The summed E-state index contributed by atoms with van der Waals surface area (Å²) in [5.41, 5.74) is -0.382. The molecule has 128 valence electrons. The van der Waals surface area contributed by atoms with Crippen molar-refractivity contribution in [2.45, 2.75) is 0 Å². The molecule has 0 aliphatic carbocycles. The van der Waals surface area contributed by atoms with Crippen molar-refractivity contribution < 1.29 is 22.0 Å². The van der Waals surface area contributed by atoms with E-state index < -0.39 is 39.8 Å². The average molecular weight is 419 g/mol. The lowest BCUT2D eigenvalue weighted by molar-refractivity contribution is -0.114. The van der Waals surface area contributed by atoms with Crippen LogP contribution in [0, 0.1) is 11.6 Å². The summed E-state index contributed by atoms with van der Waals surface area (Å²) in [5, 5.41) is 2.06. The van der Waals surface area contributed by atoms with Crippen LogP contribution in [0.15, 0.2) is 46.9 Å². The largest absolute Gasteiger partial charge is 0.320 e. The van der Waals surface area contributed by atoms with E-state index in [1.807, 2.05) is 0 Å². The molecule has 0 saturated carbocycles. The Hall–Kier alpha value is -2.00. The molecule has 5 nitrogen and oxygen atoms in total. The van der Waals surface area contributed by atoms with Crippen molar-refractivity contribution >= 4 is 43.2 Å². The molecule has 0 spiro atoms. The molecule has 9 heteroatoms. The standard InChI is InChI=1S/C15H13BrF2N2O3S/c1-24(22,23)20(13-8-3-2-5-10(13)16)9-14(21)19-15-11(17)6-4-7-12(15)18/h2-8H,9H2,1H3,(H,19,21). The van der Waals surface area contributed by atoms with Gasteiger partial charge in [-0.1, -0.05) is 18.2 Å². The minimum Gasteiger partial charge on any atom is -0.320 e. The lowest BCUT2D eigenvalue weighted by Crippen LogP contribution is -2.37. The molecule has 0 atom stereocenters. The zero-order chi connectivity index (χ0) is 17.9. The van der Waals surface area contributed by atoms with Gasteiger partial charge in [0, 0.05) is 4.47 Å². The van der Waals surface area contributed by atoms with Crippen LogP contribution in [0.4, 0.5) is 20.2 Å². The number of carbonyl (C=O) groups excluding carboxylic acids is 1. The number of halogens is 3. The van der Waals surface area contributed by atoms with Crippen LogP contribution in [0.3, 0.4) is 0 Å². The predicted molar refractivity (Wildman–Crippen MR) is 91.3 cm³/mol. The van der Waals surface area contributed by atoms with Crippen molar-refractivity contribution in [2.24, 2.45) is 0 Å². The number of rotatable bonds is 5. The fourth-order valence-electron chi connectivity index (χ4n) is 1.96. The maximum atomic E-state index is 13.6. The quantitative estimate of drug-likeness (QED) is 0.810. The summed E-state index contributed by atoms with van der Waals surface area (Å²) >= 11 is 3.21. The number of nitrogens with zero attached hydrogens (tertiary/aromatic N) is 1. The second kappa shape index (κ2) is 7.27. The summed E-state index contributed by atoms with van der Waals surface area (Å²) in [6.45, 7) is -0.630. The SMILES string of the molecule is CS(=O)(=O)N(CC(=O)Nc1c(F)cccc1F)c1ccccc1Br. The first-order valence-electron chi connectivity index (χ1n) is 6.66. The highest BCUT2D eigenvalue weighted by atomic mass is 79.9. The van der Waals surface area contributed by atoms with E-state index >= 15 is 0 Å². The third-order valence-electron chi connectivity index (χ3n) is 3.04. The van der Waals surface area contributed by atoms with E-state index in [0.717, 1.165) is 28.8 Å². The van der Waals surface area contributed by atoms with Crippen LogP contribution >= 0.6 is 15.9 Å². The normalized spacial score (nSPS) is 11.2. The second-order valence-electron chi connectivity index (χ2n) is 4.87. The van der Waals surface area contributed by atoms with Crippen LogP contribution in [-0.2, 0) is 14.8 Å². The number of nitrogens with one attached hydrogen (secondary N) is 1. The summed E-state index contributed by atoms with van der Waals surface area (Å²) in [7, 11) is -3.79. The molecule has 0 bridgehead atoms. The third-order valence-corrected chi connectivity index (χ3v) is 4.83. The number of para-hydroxylation sites is 2. The van der Waals surface area contributed by atoms with Gasteiger partial charge in [-0.15, -0.1) is 0 Å². The Morgan fingerprint density at radius 2 is 1.71 bits per heavy atom. The molecule has 0 unspecified atom stereocenters. The molecule has 2 rings (SSSR count). The zero-order valence-corrected chi connectivity index (χ0v) is 14.9. The van der Waals surface area contributed by atoms with Gasteiger partial charge in [-0.05, 0) is 40.2 Å². The molecule has 0 aliphatic rings. The first-order chi connectivity index (χ1) is 11.2. The smallest absolute Gasteiger partial charge is 0.245 e. The number of hydrogen-bond acceptors (Lipinski definition) is 3. The van der Waals surface area contributed by atoms with Crippen LogP contribution in [-0.4, -0.2) is 27.1 Å². The summed E-state index contributed by atoms with van der Waals surface area (Å²) in [6, 6.07) is 9.53. The molecule has 24 heavy (non-hydrogen) atoms. The van der Waals surface area contributed by atoms with Crippen molar-refractivity contribution in [2.75, 3.05) is 22.4 Å². The van der Waals surface area contributed by atoms with E-state index in [1.54, 1.807) is 18.2 Å². The average Bonchev–Trinajstić information content (AvgIpc) is 2.48. The number of benzene rings is 2. The van der Waals surface area contributed by atoms with Crippen LogP contribution in [0.25, 0.3) is 0 Å². The lowest BCUT2D eigenvalue weighted by atomic mass is 10.3. The van der Waals surface area contributed by atoms with E-state index in [0.29, 0.717) is 4.47 Å².